The zero-order valence-corrected chi connectivity index (χ0v) is 11.9. The molecule has 0 radical (unpaired) electrons. The van der Waals surface area contributed by atoms with E-state index in [4.69, 9.17) is 4.42 Å². The first-order valence-electron chi connectivity index (χ1n) is 7.26. The summed E-state index contributed by atoms with van der Waals surface area (Å²) in [5, 5.41) is 1.20. The molecule has 2 fully saturated rings. The minimum atomic E-state index is 0.479. The van der Waals surface area contributed by atoms with E-state index in [9.17, 15) is 0 Å². The van der Waals surface area contributed by atoms with Crippen molar-refractivity contribution in [3.63, 3.8) is 0 Å². The van der Waals surface area contributed by atoms with E-state index in [-0.39, 0.29) is 0 Å². The molecule has 100 valence electrons. The molecule has 0 spiro atoms. The van der Waals surface area contributed by atoms with Gasteiger partial charge in [0.15, 0.2) is 0 Å². The maximum Gasteiger partial charge on any atom is 0.135 e. The van der Waals surface area contributed by atoms with Crippen LogP contribution in [0.15, 0.2) is 34.9 Å². The molecule has 1 saturated heterocycles. The fourth-order valence-electron chi connectivity index (χ4n) is 4.16. The molecule has 2 heteroatoms. The molecular weight excluding hydrogens is 234 g/mol. The zero-order chi connectivity index (χ0) is 13.2. The van der Waals surface area contributed by atoms with E-state index >= 15 is 0 Å². The highest BCUT2D eigenvalue weighted by Crippen LogP contribution is 2.60. The molecule has 1 aromatic carbocycles. The Morgan fingerprint density at radius 3 is 2.53 bits per heavy atom. The molecule has 1 aliphatic heterocycles. The van der Waals surface area contributed by atoms with Gasteiger partial charge in [-0.15, -0.1) is 0 Å². The molecule has 0 amide bonds. The van der Waals surface area contributed by atoms with Crippen LogP contribution in [0.5, 0.6) is 0 Å². The maximum absolute atomic E-state index is 5.50. The second kappa shape index (κ2) is 3.56. The Hall–Kier alpha value is -1.44. The summed E-state index contributed by atoms with van der Waals surface area (Å²) in [4.78, 5) is 2.53. The third kappa shape index (κ3) is 1.69. The molecular formula is C17H21NO. The topological polar surface area (TPSA) is 16.4 Å². The van der Waals surface area contributed by atoms with Gasteiger partial charge in [0.25, 0.3) is 0 Å². The van der Waals surface area contributed by atoms with E-state index in [1.165, 1.54) is 24.2 Å². The highest BCUT2D eigenvalue weighted by atomic mass is 16.3. The predicted octanol–water partition coefficient (Wildman–Crippen LogP) is 4.16. The van der Waals surface area contributed by atoms with Crippen molar-refractivity contribution in [2.75, 3.05) is 18.0 Å². The van der Waals surface area contributed by atoms with Gasteiger partial charge in [-0.25, -0.2) is 0 Å². The average molecular weight is 255 g/mol. The summed E-state index contributed by atoms with van der Waals surface area (Å²) in [5.74, 6) is 2.75. The van der Waals surface area contributed by atoms with E-state index in [2.05, 4.69) is 43.9 Å². The highest BCUT2D eigenvalue weighted by molar-refractivity contribution is 5.81. The predicted molar refractivity (Wildman–Crippen MR) is 78.4 cm³/mol. The molecule has 0 bridgehead atoms. The zero-order valence-electron chi connectivity index (χ0n) is 11.9. The van der Waals surface area contributed by atoms with E-state index in [0.29, 0.717) is 5.41 Å². The van der Waals surface area contributed by atoms with E-state index in [1.54, 1.807) is 6.26 Å². The van der Waals surface area contributed by atoms with Crippen LogP contribution in [-0.2, 0) is 0 Å². The summed E-state index contributed by atoms with van der Waals surface area (Å²) in [5.41, 5.74) is 2.81. The highest BCUT2D eigenvalue weighted by Gasteiger charge is 2.59. The fourth-order valence-corrected chi connectivity index (χ4v) is 4.16. The van der Waals surface area contributed by atoms with Crippen LogP contribution in [0.4, 0.5) is 5.69 Å². The number of piperidine rings is 1. The molecule has 1 aliphatic carbocycles. The summed E-state index contributed by atoms with van der Waals surface area (Å²) in [6.45, 7) is 9.59. The Bertz CT molecular complexity index is 609. The van der Waals surface area contributed by atoms with Crippen LogP contribution in [0.1, 0.15) is 20.8 Å². The summed E-state index contributed by atoms with van der Waals surface area (Å²) in [6, 6.07) is 8.61. The summed E-state index contributed by atoms with van der Waals surface area (Å²) in [7, 11) is 0. The second-order valence-corrected chi connectivity index (χ2v) is 7.27. The largest absolute Gasteiger partial charge is 0.464 e. The fraction of sp³-hybridized carbons (Fsp3) is 0.529. The van der Waals surface area contributed by atoms with Crippen LogP contribution in [0.2, 0.25) is 0 Å². The molecule has 4 rings (SSSR count). The number of benzene rings is 1. The van der Waals surface area contributed by atoms with Gasteiger partial charge >= 0.3 is 0 Å². The van der Waals surface area contributed by atoms with Gasteiger partial charge in [-0.05, 0) is 41.4 Å². The number of rotatable bonds is 1. The first-order valence-corrected chi connectivity index (χ1v) is 7.26. The minimum Gasteiger partial charge on any atom is -0.464 e. The molecule has 19 heavy (non-hydrogen) atoms. The van der Waals surface area contributed by atoms with Gasteiger partial charge in [0, 0.05) is 30.2 Å². The molecule has 2 heterocycles. The Kier molecular flexibility index (Phi) is 2.13. The average Bonchev–Trinajstić information content (AvgIpc) is 2.77. The van der Waals surface area contributed by atoms with Crippen LogP contribution in [0.3, 0.4) is 0 Å². The lowest BCUT2D eigenvalue weighted by atomic mass is 9.87. The first kappa shape index (κ1) is 11.4. The molecule has 2 unspecified atom stereocenters. The van der Waals surface area contributed by atoms with E-state index < -0.39 is 0 Å². The van der Waals surface area contributed by atoms with Crippen LogP contribution in [0.25, 0.3) is 11.0 Å². The Morgan fingerprint density at radius 1 is 1.11 bits per heavy atom. The number of furan rings is 1. The number of hydrogen-bond acceptors (Lipinski definition) is 2. The van der Waals surface area contributed by atoms with E-state index in [1.807, 2.05) is 6.07 Å². The van der Waals surface area contributed by atoms with Crippen molar-refractivity contribution in [2.24, 2.45) is 23.2 Å². The van der Waals surface area contributed by atoms with Crippen molar-refractivity contribution in [1.29, 1.82) is 0 Å². The quantitative estimate of drug-likeness (QED) is 0.760. The van der Waals surface area contributed by atoms with Gasteiger partial charge in [-0.2, -0.15) is 0 Å². The maximum atomic E-state index is 5.50. The molecule has 2 atom stereocenters. The standard InChI is InChI=1S/C17H21NO/c1-17(2,3)16-13-9-18(10-14(13)16)12-5-4-11-6-7-19-15(11)8-12/h4-8,13-14,16H,9-10H2,1-3H3. The summed E-state index contributed by atoms with van der Waals surface area (Å²) < 4.78 is 5.50. The smallest absolute Gasteiger partial charge is 0.135 e. The molecule has 1 aromatic heterocycles. The molecule has 0 N–H and O–H groups in total. The van der Waals surface area contributed by atoms with Crippen molar-refractivity contribution >= 4 is 16.7 Å². The van der Waals surface area contributed by atoms with Crippen molar-refractivity contribution in [2.45, 2.75) is 20.8 Å². The van der Waals surface area contributed by atoms with Gasteiger partial charge in [-0.1, -0.05) is 20.8 Å². The third-order valence-electron chi connectivity index (χ3n) is 5.00. The second-order valence-electron chi connectivity index (χ2n) is 7.27. The van der Waals surface area contributed by atoms with Crippen LogP contribution >= 0.6 is 0 Å². The van der Waals surface area contributed by atoms with Gasteiger partial charge in [0.1, 0.15) is 5.58 Å². The Morgan fingerprint density at radius 2 is 1.84 bits per heavy atom. The van der Waals surface area contributed by atoms with Crippen molar-refractivity contribution in [1.82, 2.24) is 0 Å². The normalized spacial score (nSPS) is 29.8. The number of fused-ring (bicyclic) bond motifs is 2. The van der Waals surface area contributed by atoms with Crippen molar-refractivity contribution in [3.05, 3.63) is 30.5 Å². The van der Waals surface area contributed by atoms with Crippen LogP contribution in [0, 0.1) is 23.2 Å². The molecule has 2 aromatic rings. The monoisotopic (exact) mass is 255 g/mol. The van der Waals surface area contributed by atoms with Crippen molar-refractivity contribution in [3.8, 4) is 0 Å². The molecule has 2 nitrogen and oxygen atoms in total. The van der Waals surface area contributed by atoms with E-state index in [0.717, 1.165) is 23.3 Å². The SMILES string of the molecule is CC(C)(C)C1C2CN(c3ccc4ccoc4c3)CC21. The van der Waals surface area contributed by atoms with Gasteiger partial charge in [0.05, 0.1) is 6.26 Å². The Labute approximate surface area is 114 Å². The minimum absolute atomic E-state index is 0.479. The lowest BCUT2D eigenvalue weighted by Gasteiger charge is -2.27. The van der Waals surface area contributed by atoms with Gasteiger partial charge in [0.2, 0.25) is 0 Å². The lowest BCUT2D eigenvalue weighted by Crippen LogP contribution is -2.27. The molecule has 1 saturated carbocycles. The third-order valence-corrected chi connectivity index (χ3v) is 5.00. The number of hydrogen-bond donors (Lipinski definition) is 0. The van der Waals surface area contributed by atoms with Gasteiger partial charge < -0.3 is 9.32 Å². The van der Waals surface area contributed by atoms with Gasteiger partial charge in [-0.3, -0.25) is 0 Å². The summed E-state index contributed by atoms with van der Waals surface area (Å²) >= 11 is 0. The Balaban J connectivity index is 1.54. The lowest BCUT2D eigenvalue weighted by molar-refractivity contribution is 0.309. The molecule has 2 aliphatic rings. The number of nitrogens with zero attached hydrogens (tertiary/aromatic N) is 1. The number of anilines is 1. The van der Waals surface area contributed by atoms with Crippen LogP contribution in [-0.4, -0.2) is 13.1 Å². The van der Waals surface area contributed by atoms with Crippen LogP contribution < -0.4 is 4.90 Å². The van der Waals surface area contributed by atoms with Crippen molar-refractivity contribution < 1.29 is 4.42 Å². The first-order chi connectivity index (χ1) is 9.04. The summed E-state index contributed by atoms with van der Waals surface area (Å²) in [6.07, 6.45) is 1.77.